The van der Waals surface area contributed by atoms with Gasteiger partial charge in [0.1, 0.15) is 24.0 Å². The molecule has 1 amide bonds. The topological polar surface area (TPSA) is 80.6 Å². The number of hydrogen-bond donors (Lipinski definition) is 1. The third-order valence-corrected chi connectivity index (χ3v) is 4.51. The van der Waals surface area contributed by atoms with Crippen LogP contribution in [-0.4, -0.2) is 19.6 Å². The molecule has 0 bridgehead atoms. The van der Waals surface area contributed by atoms with Gasteiger partial charge in [-0.3, -0.25) is 4.79 Å². The Balaban J connectivity index is 1.77. The Bertz CT molecular complexity index is 1130. The number of anilines is 1. The van der Waals surface area contributed by atoms with Crippen LogP contribution in [0.25, 0.3) is 6.08 Å². The Kier molecular flexibility index (Phi) is 7.88. The zero-order valence-electron chi connectivity index (χ0n) is 18.0. The number of methoxy groups -OCH3 is 1. The Morgan fingerprint density at radius 2 is 1.81 bits per heavy atom. The molecule has 0 spiro atoms. The predicted molar refractivity (Wildman–Crippen MR) is 124 cm³/mol. The first-order chi connectivity index (χ1) is 15.6. The van der Waals surface area contributed by atoms with E-state index in [1.54, 1.807) is 49.6 Å². The van der Waals surface area contributed by atoms with Crippen LogP contribution in [0.15, 0.2) is 78.4 Å². The van der Waals surface area contributed by atoms with Crippen LogP contribution < -0.4 is 19.5 Å². The molecule has 0 saturated carbocycles. The van der Waals surface area contributed by atoms with Crippen LogP contribution in [0, 0.1) is 11.3 Å². The van der Waals surface area contributed by atoms with Crippen LogP contribution in [0.2, 0.25) is 0 Å². The van der Waals surface area contributed by atoms with Crippen LogP contribution >= 0.6 is 0 Å². The van der Waals surface area contributed by atoms with Crippen molar-refractivity contribution >= 4 is 17.7 Å². The highest BCUT2D eigenvalue weighted by molar-refractivity contribution is 6.09. The van der Waals surface area contributed by atoms with Gasteiger partial charge in [0.05, 0.1) is 13.7 Å². The van der Waals surface area contributed by atoms with E-state index in [4.69, 9.17) is 14.2 Å². The highest BCUT2D eigenvalue weighted by Gasteiger charge is 2.12. The molecule has 0 radical (unpaired) electrons. The summed E-state index contributed by atoms with van der Waals surface area (Å²) in [6.45, 7) is 2.74. The second-order valence-corrected chi connectivity index (χ2v) is 6.77. The summed E-state index contributed by atoms with van der Waals surface area (Å²) < 4.78 is 16.8. The Labute approximate surface area is 187 Å². The Hall–Kier alpha value is -4.24. The van der Waals surface area contributed by atoms with E-state index < -0.39 is 5.91 Å². The quantitative estimate of drug-likeness (QED) is 0.373. The Morgan fingerprint density at radius 1 is 1.00 bits per heavy atom. The van der Waals surface area contributed by atoms with Gasteiger partial charge in [0, 0.05) is 11.8 Å². The van der Waals surface area contributed by atoms with Gasteiger partial charge in [-0.05, 0) is 48.4 Å². The highest BCUT2D eigenvalue weighted by Crippen LogP contribution is 2.30. The summed E-state index contributed by atoms with van der Waals surface area (Å²) in [5.41, 5.74) is 2.20. The summed E-state index contributed by atoms with van der Waals surface area (Å²) in [6, 6.07) is 24.0. The van der Waals surface area contributed by atoms with Crippen LogP contribution in [0.3, 0.4) is 0 Å². The molecule has 3 rings (SSSR count). The fourth-order valence-corrected chi connectivity index (χ4v) is 2.95. The lowest BCUT2D eigenvalue weighted by Crippen LogP contribution is -2.13. The van der Waals surface area contributed by atoms with E-state index in [9.17, 15) is 10.1 Å². The van der Waals surface area contributed by atoms with E-state index in [0.717, 1.165) is 5.56 Å². The van der Waals surface area contributed by atoms with Crippen LogP contribution in [0.5, 0.6) is 17.2 Å². The Morgan fingerprint density at radius 3 is 2.53 bits per heavy atom. The minimum atomic E-state index is -0.511. The van der Waals surface area contributed by atoms with Gasteiger partial charge in [-0.1, -0.05) is 42.5 Å². The molecule has 0 aliphatic rings. The second kappa shape index (κ2) is 11.2. The number of carbonyl (C=O) groups is 1. The van der Waals surface area contributed by atoms with Gasteiger partial charge in [0.25, 0.3) is 5.91 Å². The van der Waals surface area contributed by atoms with Gasteiger partial charge in [0.15, 0.2) is 11.5 Å². The van der Waals surface area contributed by atoms with Crippen molar-refractivity contribution in [3.05, 3.63) is 89.5 Å². The van der Waals surface area contributed by atoms with Crippen molar-refractivity contribution in [1.29, 1.82) is 5.26 Å². The molecule has 0 atom stereocenters. The number of benzene rings is 3. The molecule has 162 valence electrons. The number of ether oxygens (including phenoxy) is 3. The predicted octanol–water partition coefficient (Wildman–Crippen LogP) is 5.22. The lowest BCUT2D eigenvalue weighted by atomic mass is 10.1. The lowest BCUT2D eigenvalue weighted by molar-refractivity contribution is -0.112. The first-order valence-electron chi connectivity index (χ1n) is 10.1. The average molecular weight is 428 g/mol. The number of nitrogens with zero attached hydrogens (tertiary/aromatic N) is 1. The molecule has 0 unspecified atom stereocenters. The number of nitrogens with one attached hydrogen (secondary N) is 1. The molecule has 3 aromatic rings. The van der Waals surface area contributed by atoms with E-state index in [0.29, 0.717) is 41.7 Å². The summed E-state index contributed by atoms with van der Waals surface area (Å²) >= 11 is 0. The van der Waals surface area contributed by atoms with Gasteiger partial charge < -0.3 is 19.5 Å². The molecule has 0 fully saturated rings. The van der Waals surface area contributed by atoms with E-state index >= 15 is 0 Å². The van der Waals surface area contributed by atoms with Crippen LogP contribution in [0.4, 0.5) is 5.69 Å². The molecule has 32 heavy (non-hydrogen) atoms. The highest BCUT2D eigenvalue weighted by atomic mass is 16.5. The third kappa shape index (κ3) is 6.13. The minimum absolute atomic E-state index is 0.0341. The molecular weight excluding hydrogens is 404 g/mol. The van der Waals surface area contributed by atoms with Crippen LogP contribution in [-0.2, 0) is 11.4 Å². The summed E-state index contributed by atoms with van der Waals surface area (Å²) in [6.07, 6.45) is 1.51. The molecular formula is C26H24N2O4. The zero-order chi connectivity index (χ0) is 22.8. The number of amides is 1. The van der Waals surface area contributed by atoms with Crippen molar-refractivity contribution in [2.45, 2.75) is 13.5 Å². The number of nitriles is 1. The van der Waals surface area contributed by atoms with Crippen LogP contribution in [0.1, 0.15) is 18.1 Å². The molecule has 6 heteroatoms. The molecule has 0 saturated heterocycles. The number of rotatable bonds is 9. The van der Waals surface area contributed by atoms with Crippen molar-refractivity contribution in [3.8, 4) is 23.3 Å². The maximum Gasteiger partial charge on any atom is 0.266 e. The maximum atomic E-state index is 12.6. The van der Waals surface area contributed by atoms with Gasteiger partial charge in [-0.25, -0.2) is 0 Å². The zero-order valence-corrected chi connectivity index (χ0v) is 18.0. The van der Waals surface area contributed by atoms with Gasteiger partial charge in [-0.2, -0.15) is 5.26 Å². The molecule has 3 aromatic carbocycles. The second-order valence-electron chi connectivity index (χ2n) is 6.77. The lowest BCUT2D eigenvalue weighted by Gasteiger charge is -2.13. The summed E-state index contributed by atoms with van der Waals surface area (Å²) in [5.74, 6) is 1.23. The first-order valence-corrected chi connectivity index (χ1v) is 10.1. The normalized spacial score (nSPS) is 10.7. The molecule has 6 nitrogen and oxygen atoms in total. The fraction of sp³-hybridized carbons (Fsp3) is 0.154. The number of carbonyl (C=O) groups excluding carboxylic acids is 1. The van der Waals surface area contributed by atoms with Crippen molar-refractivity contribution in [3.63, 3.8) is 0 Å². The van der Waals surface area contributed by atoms with E-state index in [1.165, 1.54) is 6.08 Å². The average Bonchev–Trinajstić information content (AvgIpc) is 2.83. The summed E-state index contributed by atoms with van der Waals surface area (Å²) in [4.78, 5) is 12.6. The van der Waals surface area contributed by atoms with E-state index in [-0.39, 0.29) is 5.57 Å². The molecule has 1 N–H and O–H groups in total. The van der Waals surface area contributed by atoms with Gasteiger partial charge in [0.2, 0.25) is 0 Å². The molecule has 0 aromatic heterocycles. The van der Waals surface area contributed by atoms with Gasteiger partial charge >= 0.3 is 0 Å². The SMILES string of the molecule is CCOc1cc(/C=C(\C#N)C(=O)Nc2cccc(OC)c2)ccc1OCc1ccccc1. The standard InChI is InChI=1S/C26H24N2O4/c1-3-31-25-15-20(12-13-24(25)32-18-19-8-5-4-6-9-19)14-21(17-27)26(29)28-22-10-7-11-23(16-22)30-2/h4-16H,3,18H2,1-2H3,(H,28,29)/b21-14+. The fourth-order valence-electron chi connectivity index (χ4n) is 2.95. The largest absolute Gasteiger partial charge is 0.497 e. The van der Waals surface area contributed by atoms with E-state index in [2.05, 4.69) is 5.32 Å². The van der Waals surface area contributed by atoms with Crippen molar-refractivity contribution in [2.24, 2.45) is 0 Å². The maximum absolute atomic E-state index is 12.6. The van der Waals surface area contributed by atoms with Gasteiger partial charge in [-0.15, -0.1) is 0 Å². The monoisotopic (exact) mass is 428 g/mol. The summed E-state index contributed by atoms with van der Waals surface area (Å²) in [5, 5.41) is 12.2. The smallest absolute Gasteiger partial charge is 0.266 e. The number of hydrogen-bond acceptors (Lipinski definition) is 5. The van der Waals surface area contributed by atoms with Crippen molar-refractivity contribution < 1.29 is 19.0 Å². The molecule has 0 aliphatic heterocycles. The first kappa shape index (κ1) is 22.4. The van der Waals surface area contributed by atoms with Crippen molar-refractivity contribution in [2.75, 3.05) is 19.0 Å². The van der Waals surface area contributed by atoms with Crippen molar-refractivity contribution in [1.82, 2.24) is 0 Å². The summed E-state index contributed by atoms with van der Waals surface area (Å²) in [7, 11) is 1.55. The van der Waals surface area contributed by atoms with E-state index in [1.807, 2.05) is 43.3 Å². The third-order valence-electron chi connectivity index (χ3n) is 4.51. The molecule has 0 heterocycles. The molecule has 0 aliphatic carbocycles. The minimum Gasteiger partial charge on any atom is -0.497 e.